The van der Waals surface area contributed by atoms with E-state index in [-0.39, 0.29) is 54.9 Å². The standard InChI is InChI=1S/C16H22FN3O5S/c17-8-13(9-18)11-25-15-2-1-14(10-19-15)26(23,24)20-5-3-12(4-6-20)7-16(21)22/h1-2,8,10,12H,3-7,9,11,18H2,(H,21,22)/b13-8-. The van der Waals surface area contributed by atoms with Crippen LogP contribution in [0, 0.1) is 5.92 Å². The molecule has 1 aliphatic rings. The van der Waals surface area contributed by atoms with E-state index >= 15 is 0 Å². The zero-order valence-corrected chi connectivity index (χ0v) is 15.0. The molecule has 1 saturated heterocycles. The predicted octanol–water partition coefficient (Wildman–Crippen LogP) is 1.15. The minimum Gasteiger partial charge on any atom is -0.481 e. The lowest BCUT2D eigenvalue weighted by Crippen LogP contribution is -2.38. The van der Waals surface area contributed by atoms with Crippen LogP contribution < -0.4 is 10.5 Å². The van der Waals surface area contributed by atoms with Crippen LogP contribution in [0.5, 0.6) is 5.88 Å². The number of rotatable bonds is 8. The van der Waals surface area contributed by atoms with Crippen molar-refractivity contribution in [3.05, 3.63) is 30.2 Å². The van der Waals surface area contributed by atoms with Crippen LogP contribution in [0.4, 0.5) is 4.39 Å². The molecule has 8 nitrogen and oxygen atoms in total. The number of halogens is 1. The van der Waals surface area contributed by atoms with Crippen LogP contribution in [0.1, 0.15) is 19.3 Å². The largest absolute Gasteiger partial charge is 0.481 e. The number of ether oxygens (including phenoxy) is 1. The number of hydrogen-bond acceptors (Lipinski definition) is 6. The van der Waals surface area contributed by atoms with Gasteiger partial charge in [-0.05, 0) is 24.8 Å². The number of carboxylic acids is 1. The Hall–Kier alpha value is -2.04. The number of sulfonamides is 1. The van der Waals surface area contributed by atoms with Gasteiger partial charge in [-0.2, -0.15) is 4.31 Å². The van der Waals surface area contributed by atoms with Gasteiger partial charge in [0.1, 0.15) is 11.5 Å². The number of piperidine rings is 1. The Morgan fingerprint density at radius 1 is 1.42 bits per heavy atom. The van der Waals surface area contributed by atoms with E-state index in [1.165, 1.54) is 22.6 Å². The van der Waals surface area contributed by atoms with Crippen molar-refractivity contribution in [3.8, 4) is 5.88 Å². The van der Waals surface area contributed by atoms with Gasteiger partial charge in [-0.15, -0.1) is 0 Å². The fourth-order valence-corrected chi connectivity index (χ4v) is 4.07. The van der Waals surface area contributed by atoms with Crippen molar-refractivity contribution < 1.29 is 27.4 Å². The van der Waals surface area contributed by atoms with Crippen LogP contribution in [-0.2, 0) is 14.8 Å². The van der Waals surface area contributed by atoms with Crippen molar-refractivity contribution in [3.63, 3.8) is 0 Å². The van der Waals surface area contributed by atoms with Crippen molar-refractivity contribution in [2.24, 2.45) is 11.7 Å². The third-order valence-electron chi connectivity index (χ3n) is 4.21. The second-order valence-electron chi connectivity index (χ2n) is 6.04. The van der Waals surface area contributed by atoms with E-state index in [4.69, 9.17) is 15.6 Å². The minimum absolute atomic E-state index is 0.00634. The molecule has 10 heteroatoms. The first-order valence-electron chi connectivity index (χ1n) is 8.15. The van der Waals surface area contributed by atoms with Gasteiger partial charge in [0, 0.05) is 37.7 Å². The summed E-state index contributed by atoms with van der Waals surface area (Å²) in [5, 5.41) is 8.82. The number of aliphatic carboxylic acids is 1. The van der Waals surface area contributed by atoms with Crippen molar-refractivity contribution in [2.75, 3.05) is 26.2 Å². The van der Waals surface area contributed by atoms with Crippen LogP contribution in [0.15, 0.2) is 35.1 Å². The Balaban J connectivity index is 1.98. The van der Waals surface area contributed by atoms with Gasteiger partial charge in [-0.25, -0.2) is 17.8 Å². The third-order valence-corrected chi connectivity index (χ3v) is 6.09. The van der Waals surface area contributed by atoms with Gasteiger partial charge < -0.3 is 15.6 Å². The monoisotopic (exact) mass is 387 g/mol. The molecule has 0 unspecified atom stereocenters. The van der Waals surface area contributed by atoms with Gasteiger partial charge in [0.25, 0.3) is 0 Å². The molecule has 144 valence electrons. The Morgan fingerprint density at radius 3 is 2.62 bits per heavy atom. The van der Waals surface area contributed by atoms with E-state index in [0.717, 1.165) is 0 Å². The molecular formula is C16H22FN3O5S. The summed E-state index contributed by atoms with van der Waals surface area (Å²) in [6, 6.07) is 2.78. The molecule has 2 heterocycles. The molecule has 26 heavy (non-hydrogen) atoms. The molecule has 1 aromatic heterocycles. The van der Waals surface area contributed by atoms with Gasteiger partial charge in [-0.1, -0.05) is 0 Å². The van der Waals surface area contributed by atoms with Crippen LogP contribution in [0.25, 0.3) is 0 Å². The second kappa shape index (κ2) is 9.06. The number of carbonyl (C=O) groups is 1. The first-order chi connectivity index (χ1) is 12.4. The number of pyridine rings is 1. The summed E-state index contributed by atoms with van der Waals surface area (Å²) in [6.45, 7) is 0.503. The lowest BCUT2D eigenvalue weighted by molar-refractivity contribution is -0.138. The van der Waals surface area contributed by atoms with E-state index < -0.39 is 16.0 Å². The maximum atomic E-state index is 12.6. The molecule has 3 N–H and O–H groups in total. The first-order valence-corrected chi connectivity index (χ1v) is 9.59. The molecule has 0 radical (unpaired) electrons. The second-order valence-corrected chi connectivity index (χ2v) is 7.98. The summed E-state index contributed by atoms with van der Waals surface area (Å²) in [7, 11) is -3.69. The molecule has 0 saturated carbocycles. The molecule has 0 atom stereocenters. The topological polar surface area (TPSA) is 123 Å². The van der Waals surface area contributed by atoms with E-state index in [2.05, 4.69) is 4.98 Å². The number of aromatic nitrogens is 1. The van der Waals surface area contributed by atoms with E-state index in [0.29, 0.717) is 19.2 Å². The SMILES string of the molecule is NC/C(=C/F)COc1ccc(S(=O)(=O)N2CCC(CC(=O)O)CC2)cn1. The highest BCUT2D eigenvalue weighted by Crippen LogP contribution is 2.26. The summed E-state index contributed by atoms with van der Waals surface area (Å²) >= 11 is 0. The highest BCUT2D eigenvalue weighted by molar-refractivity contribution is 7.89. The molecule has 1 fully saturated rings. The lowest BCUT2D eigenvalue weighted by Gasteiger charge is -2.30. The molecule has 0 spiro atoms. The molecule has 2 rings (SSSR count). The number of hydrogen-bond donors (Lipinski definition) is 2. The maximum Gasteiger partial charge on any atom is 0.303 e. The molecule has 0 aromatic carbocycles. The molecule has 1 aliphatic heterocycles. The molecule has 1 aromatic rings. The highest BCUT2D eigenvalue weighted by Gasteiger charge is 2.30. The number of carboxylic acid groups (broad SMARTS) is 1. The lowest BCUT2D eigenvalue weighted by atomic mass is 9.95. The zero-order chi connectivity index (χ0) is 19.2. The highest BCUT2D eigenvalue weighted by atomic mass is 32.2. The van der Waals surface area contributed by atoms with Gasteiger partial charge in [0.2, 0.25) is 15.9 Å². The average Bonchev–Trinajstić information content (AvgIpc) is 2.63. The van der Waals surface area contributed by atoms with Gasteiger partial charge in [-0.3, -0.25) is 4.79 Å². The predicted molar refractivity (Wildman–Crippen MR) is 91.7 cm³/mol. The average molecular weight is 387 g/mol. The van der Waals surface area contributed by atoms with Crippen molar-refractivity contribution in [1.82, 2.24) is 9.29 Å². The number of nitrogens with two attached hydrogens (primary N) is 1. The summed E-state index contributed by atoms with van der Waals surface area (Å²) in [4.78, 5) is 14.7. The van der Waals surface area contributed by atoms with Crippen LogP contribution in [0.2, 0.25) is 0 Å². The Labute approximate surface area is 151 Å². The number of nitrogens with zero attached hydrogens (tertiary/aromatic N) is 2. The maximum absolute atomic E-state index is 12.6. The van der Waals surface area contributed by atoms with Crippen LogP contribution in [0.3, 0.4) is 0 Å². The van der Waals surface area contributed by atoms with Gasteiger partial charge in [0.05, 0.1) is 12.5 Å². The molecular weight excluding hydrogens is 365 g/mol. The molecule has 0 bridgehead atoms. The Morgan fingerprint density at radius 2 is 2.12 bits per heavy atom. The van der Waals surface area contributed by atoms with Gasteiger partial charge >= 0.3 is 5.97 Å². The van der Waals surface area contributed by atoms with E-state index in [9.17, 15) is 17.6 Å². The zero-order valence-electron chi connectivity index (χ0n) is 14.2. The van der Waals surface area contributed by atoms with Crippen LogP contribution in [-0.4, -0.2) is 55.0 Å². The smallest absolute Gasteiger partial charge is 0.303 e. The summed E-state index contributed by atoms with van der Waals surface area (Å²) in [5.74, 6) is -0.712. The first kappa shape index (κ1) is 20.3. The van der Waals surface area contributed by atoms with Crippen LogP contribution >= 0.6 is 0 Å². The van der Waals surface area contributed by atoms with Crippen molar-refractivity contribution >= 4 is 16.0 Å². The fraction of sp³-hybridized carbons (Fsp3) is 0.500. The van der Waals surface area contributed by atoms with Gasteiger partial charge in [0.15, 0.2) is 0 Å². The minimum atomic E-state index is -3.69. The van der Waals surface area contributed by atoms with E-state index in [1.807, 2.05) is 0 Å². The Kier molecular flexibility index (Phi) is 7.06. The normalized spacial score (nSPS) is 17.2. The fourth-order valence-electron chi connectivity index (χ4n) is 2.66. The molecule has 0 aliphatic carbocycles. The summed E-state index contributed by atoms with van der Waals surface area (Å²) in [5.41, 5.74) is 5.58. The van der Waals surface area contributed by atoms with E-state index in [1.54, 1.807) is 0 Å². The van der Waals surface area contributed by atoms with Crippen molar-refractivity contribution in [1.29, 1.82) is 0 Å². The summed E-state index contributed by atoms with van der Waals surface area (Å²) < 4.78 is 44.3. The molecule has 0 amide bonds. The Bertz CT molecular complexity index is 744. The quantitative estimate of drug-likeness (QED) is 0.686. The summed E-state index contributed by atoms with van der Waals surface area (Å²) in [6.07, 6.45) is 2.64. The third kappa shape index (κ3) is 5.23. The van der Waals surface area contributed by atoms with Crippen molar-refractivity contribution in [2.45, 2.75) is 24.2 Å².